The molecule has 0 aliphatic heterocycles. The molecule has 0 rings (SSSR count). The number of carbonyl (C=O) groups is 4. The van der Waals surface area contributed by atoms with Crippen LogP contribution in [0.5, 0.6) is 0 Å². The quantitative estimate of drug-likeness (QED) is 0.141. The summed E-state index contributed by atoms with van der Waals surface area (Å²) in [7, 11) is 0. The summed E-state index contributed by atoms with van der Waals surface area (Å²) in [5.74, 6) is -2.28. The third-order valence-corrected chi connectivity index (χ3v) is 3.95. The minimum absolute atomic E-state index is 0.0331. The molecule has 0 aliphatic carbocycles. The van der Waals surface area contributed by atoms with Crippen molar-refractivity contribution in [1.82, 2.24) is 16.0 Å². The highest BCUT2D eigenvalue weighted by molar-refractivity contribution is 7.80. The molecule has 26 heavy (non-hydrogen) atoms. The first-order chi connectivity index (χ1) is 12.1. The average Bonchev–Trinajstić information content (AvgIpc) is 2.57. The summed E-state index contributed by atoms with van der Waals surface area (Å²) < 4.78 is 0. The number of amides is 4. The van der Waals surface area contributed by atoms with Gasteiger partial charge in [0.2, 0.25) is 23.6 Å². The number of hydrogen-bond donors (Lipinski definition) is 7. The van der Waals surface area contributed by atoms with Gasteiger partial charge in [0.1, 0.15) is 18.1 Å². The number of thiol groups is 1. The first kappa shape index (κ1) is 24.1. The zero-order chi connectivity index (χ0) is 20.3. The van der Waals surface area contributed by atoms with E-state index in [2.05, 4.69) is 28.6 Å². The molecule has 9 N–H and O–H groups in total. The monoisotopic (exact) mass is 390 g/mol. The SMILES string of the molecule is C[C@H](N)C(=O)N[C@@H](C)C(=O)N[C@@H](CCCCN)C(=O)N[C@@H](CS)C(N)=O. The van der Waals surface area contributed by atoms with Crippen LogP contribution in [0, 0.1) is 0 Å². The number of nitrogens with one attached hydrogen (secondary N) is 3. The molecule has 11 heteroatoms. The number of hydrogen-bond acceptors (Lipinski definition) is 7. The van der Waals surface area contributed by atoms with E-state index in [0.717, 1.165) is 0 Å². The van der Waals surface area contributed by atoms with Crippen molar-refractivity contribution in [2.75, 3.05) is 12.3 Å². The van der Waals surface area contributed by atoms with Gasteiger partial charge in [-0.1, -0.05) is 0 Å². The second kappa shape index (κ2) is 12.5. The fourth-order valence-electron chi connectivity index (χ4n) is 1.95. The van der Waals surface area contributed by atoms with Crippen molar-refractivity contribution in [3.05, 3.63) is 0 Å². The maximum Gasteiger partial charge on any atom is 0.243 e. The second-order valence-corrected chi connectivity index (χ2v) is 6.38. The van der Waals surface area contributed by atoms with E-state index in [0.29, 0.717) is 25.8 Å². The summed E-state index contributed by atoms with van der Waals surface area (Å²) in [4.78, 5) is 47.5. The van der Waals surface area contributed by atoms with Crippen molar-refractivity contribution in [2.24, 2.45) is 17.2 Å². The standard InChI is InChI=1S/C15H30N6O4S/c1-8(17)13(23)19-9(2)14(24)20-10(5-3-4-6-16)15(25)21-11(7-26)12(18)22/h8-11,26H,3-7,16-17H2,1-2H3,(H2,18,22)(H,19,23)(H,20,24)(H,21,25)/t8-,9-,10-,11-/m0/s1. The lowest BCUT2D eigenvalue weighted by atomic mass is 10.1. The first-order valence-electron chi connectivity index (χ1n) is 8.40. The summed E-state index contributed by atoms with van der Waals surface area (Å²) in [5, 5.41) is 7.46. The van der Waals surface area contributed by atoms with Gasteiger partial charge < -0.3 is 33.2 Å². The molecule has 0 fully saturated rings. The maximum atomic E-state index is 12.4. The summed E-state index contributed by atoms with van der Waals surface area (Å²) in [6.45, 7) is 3.42. The molecule has 0 saturated heterocycles. The van der Waals surface area contributed by atoms with E-state index in [1.807, 2.05) is 0 Å². The third kappa shape index (κ3) is 9.02. The number of rotatable bonds is 12. The van der Waals surface area contributed by atoms with Crippen molar-refractivity contribution in [3.8, 4) is 0 Å². The number of nitrogens with two attached hydrogens (primary N) is 3. The van der Waals surface area contributed by atoms with Gasteiger partial charge >= 0.3 is 0 Å². The molecule has 10 nitrogen and oxygen atoms in total. The van der Waals surface area contributed by atoms with Crippen LogP contribution in [0.25, 0.3) is 0 Å². The van der Waals surface area contributed by atoms with E-state index in [1.54, 1.807) is 0 Å². The molecule has 0 aromatic rings. The topological polar surface area (TPSA) is 182 Å². The van der Waals surface area contributed by atoms with Crippen LogP contribution in [-0.4, -0.2) is 60.1 Å². The lowest BCUT2D eigenvalue weighted by Gasteiger charge is -2.23. The fraction of sp³-hybridized carbons (Fsp3) is 0.733. The highest BCUT2D eigenvalue weighted by Gasteiger charge is 2.27. The minimum atomic E-state index is -0.949. The Balaban J connectivity index is 4.95. The smallest absolute Gasteiger partial charge is 0.243 e. The van der Waals surface area contributed by atoms with Crippen LogP contribution < -0.4 is 33.2 Å². The van der Waals surface area contributed by atoms with E-state index in [4.69, 9.17) is 17.2 Å². The first-order valence-corrected chi connectivity index (χ1v) is 9.04. The zero-order valence-corrected chi connectivity index (χ0v) is 16.1. The van der Waals surface area contributed by atoms with Crippen LogP contribution >= 0.6 is 12.6 Å². The molecule has 4 atom stereocenters. The molecule has 0 unspecified atom stereocenters. The summed E-state index contributed by atoms with van der Waals surface area (Å²) >= 11 is 3.96. The van der Waals surface area contributed by atoms with Gasteiger partial charge in [-0.2, -0.15) is 12.6 Å². The summed E-state index contributed by atoms with van der Waals surface area (Å²) in [6, 6.07) is -3.49. The molecule has 0 aromatic carbocycles. The van der Waals surface area contributed by atoms with Crippen LogP contribution in [0.15, 0.2) is 0 Å². The lowest BCUT2D eigenvalue weighted by Crippen LogP contribution is -2.57. The van der Waals surface area contributed by atoms with Crippen molar-refractivity contribution in [2.45, 2.75) is 57.3 Å². The van der Waals surface area contributed by atoms with Crippen LogP contribution in [0.1, 0.15) is 33.1 Å². The highest BCUT2D eigenvalue weighted by Crippen LogP contribution is 2.03. The van der Waals surface area contributed by atoms with Gasteiger partial charge in [0, 0.05) is 5.75 Å². The van der Waals surface area contributed by atoms with Crippen LogP contribution in [0.4, 0.5) is 0 Å². The predicted octanol–water partition coefficient (Wildman–Crippen LogP) is -2.65. The van der Waals surface area contributed by atoms with E-state index >= 15 is 0 Å². The second-order valence-electron chi connectivity index (χ2n) is 6.01. The Morgan fingerprint density at radius 2 is 1.50 bits per heavy atom. The minimum Gasteiger partial charge on any atom is -0.368 e. The van der Waals surface area contributed by atoms with Crippen LogP contribution in [0.2, 0.25) is 0 Å². The fourth-order valence-corrected chi connectivity index (χ4v) is 2.22. The number of unbranched alkanes of at least 4 members (excludes halogenated alkanes) is 1. The van der Waals surface area contributed by atoms with Gasteiger partial charge in [-0.3, -0.25) is 19.2 Å². The average molecular weight is 391 g/mol. The van der Waals surface area contributed by atoms with Crippen molar-refractivity contribution in [3.63, 3.8) is 0 Å². The summed E-state index contributed by atoms with van der Waals surface area (Å²) in [6.07, 6.45) is 1.58. The van der Waals surface area contributed by atoms with E-state index < -0.39 is 47.8 Å². The molecule has 150 valence electrons. The Morgan fingerprint density at radius 1 is 0.923 bits per heavy atom. The number of primary amides is 1. The third-order valence-electron chi connectivity index (χ3n) is 3.59. The van der Waals surface area contributed by atoms with Crippen molar-refractivity contribution in [1.29, 1.82) is 0 Å². The molecule has 0 saturated carbocycles. The zero-order valence-electron chi connectivity index (χ0n) is 15.2. The molecule has 0 aromatic heterocycles. The predicted molar refractivity (Wildman–Crippen MR) is 101 cm³/mol. The van der Waals surface area contributed by atoms with Gasteiger partial charge in [-0.15, -0.1) is 0 Å². The van der Waals surface area contributed by atoms with E-state index in [-0.39, 0.29) is 5.75 Å². The van der Waals surface area contributed by atoms with E-state index in [9.17, 15) is 19.2 Å². The van der Waals surface area contributed by atoms with Gasteiger partial charge in [0.25, 0.3) is 0 Å². The van der Waals surface area contributed by atoms with Crippen LogP contribution in [0.3, 0.4) is 0 Å². The van der Waals surface area contributed by atoms with Gasteiger partial charge in [-0.25, -0.2) is 0 Å². The molecule has 0 radical (unpaired) electrons. The normalized spacial score (nSPS) is 15.3. The van der Waals surface area contributed by atoms with Crippen LogP contribution in [-0.2, 0) is 19.2 Å². The Hall–Kier alpha value is -1.85. The number of carbonyl (C=O) groups excluding carboxylic acids is 4. The van der Waals surface area contributed by atoms with Crippen molar-refractivity contribution < 1.29 is 19.2 Å². The van der Waals surface area contributed by atoms with E-state index in [1.165, 1.54) is 13.8 Å². The highest BCUT2D eigenvalue weighted by atomic mass is 32.1. The van der Waals surface area contributed by atoms with Gasteiger partial charge in [-0.05, 0) is 39.7 Å². The lowest BCUT2D eigenvalue weighted by molar-refractivity contribution is -0.133. The molecule has 4 amide bonds. The van der Waals surface area contributed by atoms with Crippen molar-refractivity contribution >= 4 is 36.3 Å². The maximum absolute atomic E-state index is 12.4. The van der Waals surface area contributed by atoms with Gasteiger partial charge in [0.15, 0.2) is 0 Å². The Labute approximate surface area is 158 Å². The summed E-state index contributed by atoms with van der Waals surface area (Å²) in [5.41, 5.74) is 16.1. The molecule has 0 spiro atoms. The molecule has 0 heterocycles. The molecule has 0 bridgehead atoms. The largest absolute Gasteiger partial charge is 0.368 e. The Morgan fingerprint density at radius 3 is 1.96 bits per heavy atom. The molecule has 0 aliphatic rings. The molecular formula is C15H30N6O4S. The molecular weight excluding hydrogens is 360 g/mol. The Kier molecular flexibility index (Phi) is 11.6. The van der Waals surface area contributed by atoms with Gasteiger partial charge in [0.05, 0.1) is 6.04 Å². The Bertz CT molecular complexity index is 503.